The quantitative estimate of drug-likeness (QED) is 0.486. The zero-order valence-electron chi connectivity index (χ0n) is 18.7. The van der Waals surface area contributed by atoms with Crippen molar-refractivity contribution in [2.24, 2.45) is 0 Å². The van der Waals surface area contributed by atoms with Gasteiger partial charge in [0, 0.05) is 6.54 Å². The highest BCUT2D eigenvalue weighted by molar-refractivity contribution is 7.22. The van der Waals surface area contributed by atoms with E-state index in [1.807, 2.05) is 44.4 Å². The zero-order chi connectivity index (χ0) is 22.7. The molecule has 1 aliphatic heterocycles. The molecule has 0 aliphatic carbocycles. The lowest BCUT2D eigenvalue weighted by Gasteiger charge is -2.21. The molecule has 1 amide bonds. The minimum atomic E-state index is -0.0281. The summed E-state index contributed by atoms with van der Waals surface area (Å²) in [4.78, 5) is 22.1. The number of aromatic nitrogens is 1. The number of benzene rings is 2. The van der Waals surface area contributed by atoms with Gasteiger partial charge in [0.2, 0.25) is 12.7 Å². The van der Waals surface area contributed by atoms with Gasteiger partial charge in [-0.3, -0.25) is 9.69 Å². The number of rotatable bonds is 9. The number of methoxy groups -OCH3 is 2. The molecule has 2 aromatic carbocycles. The maximum atomic E-state index is 13.4. The molecular weight excluding hydrogens is 430 g/mol. The fourth-order valence-electron chi connectivity index (χ4n) is 3.58. The number of carbonyl (C=O) groups excluding carboxylic acids is 1. The highest BCUT2D eigenvalue weighted by Gasteiger charge is 2.23. The Kier molecular flexibility index (Phi) is 6.66. The summed E-state index contributed by atoms with van der Waals surface area (Å²) >= 11 is 1.43. The smallest absolute Gasteiger partial charge is 0.233 e. The predicted octanol–water partition coefficient (Wildman–Crippen LogP) is 3.57. The standard InChI is InChI=1S/C23H27N3O5S/c1-25(2)10-5-11-26(20(27)13-15-6-7-16-19(12-15)31-14-30-16)23-24-21-17(28-3)8-9-18(29-4)22(21)32-23/h6-9,12H,5,10-11,13-14H2,1-4H3. The Morgan fingerprint density at radius 2 is 1.81 bits per heavy atom. The van der Waals surface area contributed by atoms with E-state index in [9.17, 15) is 4.79 Å². The van der Waals surface area contributed by atoms with Gasteiger partial charge in [-0.25, -0.2) is 4.98 Å². The van der Waals surface area contributed by atoms with Crippen molar-refractivity contribution < 1.29 is 23.7 Å². The molecule has 0 spiro atoms. The number of nitrogens with zero attached hydrogens (tertiary/aromatic N) is 3. The molecule has 0 saturated carbocycles. The second-order valence-electron chi connectivity index (χ2n) is 7.71. The average molecular weight is 458 g/mol. The average Bonchev–Trinajstić information content (AvgIpc) is 3.42. The first-order valence-electron chi connectivity index (χ1n) is 10.3. The minimum Gasteiger partial charge on any atom is -0.495 e. The second kappa shape index (κ2) is 9.62. The highest BCUT2D eigenvalue weighted by Crippen LogP contribution is 2.40. The van der Waals surface area contributed by atoms with Gasteiger partial charge in [-0.1, -0.05) is 17.4 Å². The van der Waals surface area contributed by atoms with Crippen molar-refractivity contribution in [2.75, 3.05) is 53.1 Å². The molecule has 0 bridgehead atoms. The van der Waals surface area contributed by atoms with Gasteiger partial charge in [0.25, 0.3) is 0 Å². The molecule has 1 aromatic heterocycles. The summed E-state index contributed by atoms with van der Waals surface area (Å²) in [5.41, 5.74) is 1.56. The van der Waals surface area contributed by atoms with Gasteiger partial charge in [0.15, 0.2) is 16.6 Å². The molecule has 0 N–H and O–H groups in total. The third-order valence-corrected chi connectivity index (χ3v) is 6.30. The first kappa shape index (κ1) is 22.2. The second-order valence-corrected chi connectivity index (χ2v) is 8.69. The van der Waals surface area contributed by atoms with Crippen LogP contribution in [0.15, 0.2) is 30.3 Å². The van der Waals surface area contributed by atoms with Crippen molar-refractivity contribution in [3.63, 3.8) is 0 Å². The Bertz CT molecular complexity index is 1070. The normalized spacial score (nSPS) is 12.4. The maximum absolute atomic E-state index is 13.4. The number of anilines is 1. The van der Waals surface area contributed by atoms with Crippen molar-refractivity contribution in [2.45, 2.75) is 12.8 Å². The predicted molar refractivity (Wildman–Crippen MR) is 125 cm³/mol. The van der Waals surface area contributed by atoms with E-state index < -0.39 is 0 Å². The molecule has 32 heavy (non-hydrogen) atoms. The molecule has 4 rings (SSSR count). The van der Waals surface area contributed by atoms with Crippen LogP contribution in [0.2, 0.25) is 0 Å². The first-order chi connectivity index (χ1) is 15.5. The van der Waals surface area contributed by atoms with Gasteiger partial charge in [-0.15, -0.1) is 0 Å². The number of hydrogen-bond donors (Lipinski definition) is 0. The van der Waals surface area contributed by atoms with Gasteiger partial charge < -0.3 is 23.8 Å². The van der Waals surface area contributed by atoms with Crippen molar-refractivity contribution in [1.29, 1.82) is 0 Å². The lowest BCUT2D eigenvalue weighted by molar-refractivity contribution is -0.118. The fraction of sp³-hybridized carbons (Fsp3) is 0.391. The molecule has 170 valence electrons. The van der Waals surface area contributed by atoms with Crippen molar-refractivity contribution >= 4 is 32.6 Å². The summed E-state index contributed by atoms with van der Waals surface area (Å²) in [7, 11) is 7.28. The summed E-state index contributed by atoms with van der Waals surface area (Å²) in [6.07, 6.45) is 1.06. The van der Waals surface area contributed by atoms with Gasteiger partial charge >= 0.3 is 0 Å². The number of thiazole rings is 1. The zero-order valence-corrected chi connectivity index (χ0v) is 19.5. The van der Waals surface area contributed by atoms with E-state index in [4.69, 9.17) is 23.9 Å². The van der Waals surface area contributed by atoms with E-state index >= 15 is 0 Å². The van der Waals surface area contributed by atoms with Crippen LogP contribution in [0.1, 0.15) is 12.0 Å². The molecule has 0 saturated heterocycles. The molecule has 0 atom stereocenters. The molecule has 2 heterocycles. The SMILES string of the molecule is COc1ccc(OC)c2sc(N(CCCN(C)C)C(=O)Cc3ccc4c(c3)OCO4)nc12. The van der Waals surface area contributed by atoms with Crippen LogP contribution in [0.3, 0.4) is 0 Å². The third kappa shape index (κ3) is 4.58. The molecule has 3 aromatic rings. The third-order valence-electron chi connectivity index (χ3n) is 5.21. The first-order valence-corrected chi connectivity index (χ1v) is 11.2. The Labute approximate surface area is 191 Å². The summed E-state index contributed by atoms with van der Waals surface area (Å²) < 4.78 is 22.7. The van der Waals surface area contributed by atoms with Crippen LogP contribution in [0.4, 0.5) is 5.13 Å². The van der Waals surface area contributed by atoms with Crippen LogP contribution in [-0.2, 0) is 11.2 Å². The number of carbonyl (C=O) groups is 1. The molecule has 1 aliphatic rings. The van der Waals surface area contributed by atoms with Crippen LogP contribution >= 0.6 is 11.3 Å². The number of amides is 1. The molecule has 0 unspecified atom stereocenters. The summed E-state index contributed by atoms with van der Waals surface area (Å²) in [6, 6.07) is 9.29. The molecule has 0 radical (unpaired) electrons. The van der Waals surface area contributed by atoms with E-state index in [2.05, 4.69) is 4.90 Å². The summed E-state index contributed by atoms with van der Waals surface area (Å²) in [5, 5.41) is 0.632. The maximum Gasteiger partial charge on any atom is 0.233 e. The van der Waals surface area contributed by atoms with E-state index in [1.165, 1.54) is 11.3 Å². The van der Waals surface area contributed by atoms with E-state index in [1.54, 1.807) is 19.1 Å². The van der Waals surface area contributed by atoms with Gasteiger partial charge in [0.1, 0.15) is 21.7 Å². The van der Waals surface area contributed by atoms with Crippen LogP contribution in [0, 0.1) is 0 Å². The summed E-state index contributed by atoms with van der Waals surface area (Å²) in [5.74, 6) is 2.71. The minimum absolute atomic E-state index is 0.0281. The Hall–Kier alpha value is -3.04. The largest absolute Gasteiger partial charge is 0.495 e. The number of hydrogen-bond acceptors (Lipinski definition) is 8. The topological polar surface area (TPSA) is 73.4 Å². The number of ether oxygens (including phenoxy) is 4. The lowest BCUT2D eigenvalue weighted by atomic mass is 10.1. The number of fused-ring (bicyclic) bond motifs is 2. The van der Waals surface area contributed by atoms with Gasteiger partial charge in [-0.2, -0.15) is 0 Å². The lowest BCUT2D eigenvalue weighted by Crippen LogP contribution is -2.34. The van der Waals surface area contributed by atoms with E-state index in [0.717, 1.165) is 23.2 Å². The van der Waals surface area contributed by atoms with E-state index in [-0.39, 0.29) is 19.1 Å². The van der Waals surface area contributed by atoms with Crippen molar-refractivity contribution in [3.8, 4) is 23.0 Å². The van der Waals surface area contributed by atoms with Crippen LogP contribution in [0.5, 0.6) is 23.0 Å². The van der Waals surface area contributed by atoms with E-state index in [0.29, 0.717) is 40.2 Å². The molecule has 0 fully saturated rings. The monoisotopic (exact) mass is 457 g/mol. The Balaban J connectivity index is 1.64. The van der Waals surface area contributed by atoms with Crippen molar-refractivity contribution in [1.82, 2.24) is 9.88 Å². The van der Waals surface area contributed by atoms with Crippen molar-refractivity contribution in [3.05, 3.63) is 35.9 Å². The Morgan fingerprint density at radius 3 is 2.56 bits per heavy atom. The Morgan fingerprint density at radius 1 is 1.06 bits per heavy atom. The summed E-state index contributed by atoms with van der Waals surface area (Å²) in [6.45, 7) is 1.64. The molecule has 8 nitrogen and oxygen atoms in total. The molecular formula is C23H27N3O5S. The van der Waals surface area contributed by atoms with Gasteiger partial charge in [-0.05, 0) is 56.9 Å². The highest BCUT2D eigenvalue weighted by atomic mass is 32.1. The van der Waals surface area contributed by atoms with Gasteiger partial charge in [0.05, 0.1) is 20.6 Å². The molecule has 9 heteroatoms. The van der Waals surface area contributed by atoms with Crippen LogP contribution in [-0.4, -0.2) is 64.0 Å². The van der Waals surface area contributed by atoms with Crippen LogP contribution < -0.4 is 23.8 Å². The van der Waals surface area contributed by atoms with Crippen LogP contribution in [0.25, 0.3) is 10.2 Å². The fourth-order valence-corrected chi connectivity index (χ4v) is 4.70.